The summed E-state index contributed by atoms with van der Waals surface area (Å²) in [5.74, 6) is 0.537. The van der Waals surface area contributed by atoms with E-state index in [4.69, 9.17) is 9.97 Å². The molecule has 0 saturated carbocycles. The highest BCUT2D eigenvalue weighted by atomic mass is 15.2. The second-order valence-corrected chi connectivity index (χ2v) is 20.8. The first-order valence-corrected chi connectivity index (χ1v) is 27.2. The van der Waals surface area contributed by atoms with Gasteiger partial charge in [-0.1, -0.05) is 243 Å². The molecule has 14 aromatic rings. The van der Waals surface area contributed by atoms with Gasteiger partial charge in [0.1, 0.15) is 0 Å². The average molecular weight is 1010 g/mol. The van der Waals surface area contributed by atoms with Crippen LogP contribution in [0.25, 0.3) is 99.2 Å². The molecule has 2 aliphatic heterocycles. The topological polar surface area (TPSA) is 32.3 Å². The molecule has 3 heterocycles. The van der Waals surface area contributed by atoms with Crippen molar-refractivity contribution in [1.82, 2.24) is 9.97 Å². The smallest absolute Gasteiger partial charge is 0.160 e. The predicted octanol–water partition coefficient (Wildman–Crippen LogP) is 20.2. The highest BCUT2D eigenvalue weighted by Crippen LogP contribution is 2.63. The van der Waals surface area contributed by atoms with Gasteiger partial charge in [0.25, 0.3) is 0 Å². The molecule has 0 fully saturated rings. The van der Waals surface area contributed by atoms with Crippen molar-refractivity contribution in [3.05, 3.63) is 302 Å². The Labute approximate surface area is 458 Å². The van der Waals surface area contributed by atoms with Gasteiger partial charge >= 0.3 is 0 Å². The first-order chi connectivity index (χ1) is 39.2. The number of hydrogen-bond acceptors (Lipinski definition) is 4. The lowest BCUT2D eigenvalue weighted by atomic mass is 9.73. The van der Waals surface area contributed by atoms with Crippen molar-refractivity contribution in [2.24, 2.45) is 0 Å². The highest BCUT2D eigenvalue weighted by molar-refractivity contribution is 6.18. The lowest BCUT2D eigenvalue weighted by Gasteiger charge is -2.46. The number of aromatic nitrogens is 2. The maximum Gasteiger partial charge on any atom is 0.160 e. The minimum absolute atomic E-state index is 0.138. The predicted molar refractivity (Wildman–Crippen MR) is 330 cm³/mol. The van der Waals surface area contributed by atoms with Gasteiger partial charge < -0.3 is 9.80 Å². The van der Waals surface area contributed by atoms with Gasteiger partial charge in [-0.2, -0.15) is 0 Å². The second kappa shape index (κ2) is 18.1. The van der Waals surface area contributed by atoms with E-state index in [2.05, 4.69) is 289 Å². The van der Waals surface area contributed by atoms with Gasteiger partial charge in [0.2, 0.25) is 0 Å². The fraction of sp³-hybridized carbons (Fsp3) is 0.0133. The Kier molecular flexibility index (Phi) is 10.3. The van der Waals surface area contributed by atoms with Crippen molar-refractivity contribution in [3.8, 4) is 56.2 Å². The molecule has 16 rings (SSSR count). The van der Waals surface area contributed by atoms with Crippen molar-refractivity contribution in [2.45, 2.75) is 5.92 Å². The molecule has 0 bridgehead atoms. The summed E-state index contributed by atoms with van der Waals surface area (Å²) in [7, 11) is 0. The summed E-state index contributed by atoms with van der Waals surface area (Å²) in [6.07, 6.45) is 0. The molecule has 0 spiro atoms. The monoisotopic (exact) mass is 1000 g/mol. The normalized spacial score (nSPS) is 12.7. The molecule has 4 nitrogen and oxygen atoms in total. The van der Waals surface area contributed by atoms with Gasteiger partial charge in [0.15, 0.2) is 5.82 Å². The zero-order chi connectivity index (χ0) is 52.0. The van der Waals surface area contributed by atoms with Crippen LogP contribution in [0.15, 0.2) is 285 Å². The van der Waals surface area contributed by atoms with Gasteiger partial charge in [-0.05, 0) is 108 Å². The van der Waals surface area contributed by atoms with Gasteiger partial charge in [-0.3, -0.25) is 0 Å². The number of benzene rings is 13. The number of hydrogen-bond donors (Lipinski definition) is 0. The first kappa shape index (κ1) is 44.8. The Balaban J connectivity index is 1.04. The number of rotatable bonds is 7. The number of fused-ring (bicyclic) bond motifs is 12. The van der Waals surface area contributed by atoms with Crippen molar-refractivity contribution in [3.63, 3.8) is 0 Å². The summed E-state index contributed by atoms with van der Waals surface area (Å²) in [5.41, 5.74) is 19.9. The van der Waals surface area contributed by atoms with Crippen LogP contribution in [0.4, 0.5) is 34.1 Å². The molecule has 0 aliphatic carbocycles. The van der Waals surface area contributed by atoms with E-state index in [1.807, 2.05) is 6.07 Å². The second-order valence-electron chi connectivity index (χ2n) is 20.8. The van der Waals surface area contributed by atoms with E-state index < -0.39 is 0 Å². The quantitative estimate of drug-likeness (QED) is 0.149. The molecule has 0 N–H and O–H groups in total. The molecule has 0 atom stereocenters. The zero-order valence-corrected chi connectivity index (χ0v) is 43.0. The summed E-state index contributed by atoms with van der Waals surface area (Å²) in [6.45, 7) is 0. The van der Waals surface area contributed by atoms with Gasteiger partial charge in [-0.25, -0.2) is 9.97 Å². The lowest BCUT2D eigenvalue weighted by molar-refractivity contribution is 0.916. The van der Waals surface area contributed by atoms with Crippen LogP contribution in [0.5, 0.6) is 0 Å². The minimum Gasteiger partial charge on any atom is -0.309 e. The van der Waals surface area contributed by atoms with Gasteiger partial charge in [0, 0.05) is 50.3 Å². The molecule has 0 radical (unpaired) electrons. The Hall–Kier alpha value is -10.4. The average Bonchev–Trinajstić information content (AvgIpc) is 3.68. The molecule has 0 unspecified atom stereocenters. The Morgan fingerprint density at radius 3 is 1.11 bits per heavy atom. The summed E-state index contributed by atoms with van der Waals surface area (Å²) in [5, 5.41) is 9.75. The van der Waals surface area contributed by atoms with E-state index in [-0.39, 0.29) is 5.92 Å². The van der Waals surface area contributed by atoms with E-state index in [1.54, 1.807) is 0 Å². The van der Waals surface area contributed by atoms with E-state index >= 15 is 0 Å². The Morgan fingerprint density at radius 2 is 0.646 bits per heavy atom. The van der Waals surface area contributed by atoms with Crippen LogP contribution in [0.1, 0.15) is 22.6 Å². The van der Waals surface area contributed by atoms with Crippen molar-refractivity contribution in [1.29, 1.82) is 0 Å². The Morgan fingerprint density at radius 1 is 0.266 bits per heavy atom. The third-order valence-electron chi connectivity index (χ3n) is 16.4. The highest BCUT2D eigenvalue weighted by Gasteiger charge is 2.43. The molecule has 0 saturated heterocycles. The largest absolute Gasteiger partial charge is 0.309 e. The van der Waals surface area contributed by atoms with Crippen molar-refractivity contribution >= 4 is 77.2 Å². The van der Waals surface area contributed by atoms with E-state index in [0.717, 1.165) is 50.8 Å². The number of anilines is 6. The number of nitrogens with zero attached hydrogens (tertiary/aromatic N) is 4. The van der Waals surface area contributed by atoms with Crippen LogP contribution in [0, 0.1) is 0 Å². The van der Waals surface area contributed by atoms with Crippen LogP contribution >= 0.6 is 0 Å². The van der Waals surface area contributed by atoms with Crippen LogP contribution in [-0.2, 0) is 0 Å². The molecule has 4 heteroatoms. The maximum atomic E-state index is 5.56. The van der Waals surface area contributed by atoms with Crippen LogP contribution in [-0.4, -0.2) is 9.97 Å². The summed E-state index contributed by atoms with van der Waals surface area (Å²) in [4.78, 5) is 16.0. The molecular formula is C75H48N4. The third-order valence-corrected chi connectivity index (χ3v) is 16.4. The zero-order valence-electron chi connectivity index (χ0n) is 43.0. The standard InChI is InChI=1S/C75H48N4/c1-5-17-48(18-6-1)50-29-35-57(36-30-50)78-69-45-56(68-47-67(54-23-9-3-10-24-54)76-75(77-68)55-25-11-4-12-26-55)46-70-72(69)71(65-43-41-61-59-27-15-13-21-52(59)33-39-63(61)73(65)78)66-44-42-62-60-28-16-14-22-53(60)34-40-64(62)74(66)79(70)58-37-31-51(32-38-58)49-19-7-2-8-20-49/h1-47,71H. The fourth-order valence-corrected chi connectivity index (χ4v) is 12.8. The van der Waals surface area contributed by atoms with Crippen LogP contribution in [0.2, 0.25) is 0 Å². The van der Waals surface area contributed by atoms with E-state index in [9.17, 15) is 0 Å². The minimum atomic E-state index is -0.138. The van der Waals surface area contributed by atoms with Crippen molar-refractivity contribution < 1.29 is 0 Å². The van der Waals surface area contributed by atoms with E-state index in [1.165, 1.54) is 93.4 Å². The van der Waals surface area contributed by atoms with Crippen LogP contribution in [0.3, 0.4) is 0 Å². The third kappa shape index (κ3) is 7.30. The Bertz CT molecular complexity index is 4400. The van der Waals surface area contributed by atoms with Gasteiger partial charge in [-0.15, -0.1) is 0 Å². The lowest BCUT2D eigenvalue weighted by Crippen LogP contribution is -2.29. The molecule has 2 aliphatic rings. The molecule has 368 valence electrons. The molecule has 1 aromatic heterocycles. The molecular weight excluding hydrogens is 957 g/mol. The van der Waals surface area contributed by atoms with Crippen LogP contribution < -0.4 is 9.80 Å². The molecule has 0 amide bonds. The summed E-state index contributed by atoms with van der Waals surface area (Å²) in [6, 6.07) is 104. The summed E-state index contributed by atoms with van der Waals surface area (Å²) < 4.78 is 0. The molecule has 79 heavy (non-hydrogen) atoms. The summed E-state index contributed by atoms with van der Waals surface area (Å²) >= 11 is 0. The van der Waals surface area contributed by atoms with E-state index in [0.29, 0.717) is 5.82 Å². The first-order valence-electron chi connectivity index (χ1n) is 27.2. The maximum absolute atomic E-state index is 5.56. The fourth-order valence-electron chi connectivity index (χ4n) is 12.8. The SMILES string of the molecule is c1ccc(-c2ccc(N3c4cc(-c5cc(-c6ccccc6)nc(-c6ccccc6)n5)cc5c4C(c4ccc6c(ccc7ccccc76)c43)c3ccc4c(ccc6ccccc64)c3N5c3ccc(-c4ccccc4)cc3)cc2)cc1. The molecule has 13 aromatic carbocycles. The van der Waals surface area contributed by atoms with Gasteiger partial charge in [0.05, 0.1) is 34.1 Å². The van der Waals surface area contributed by atoms with Crippen molar-refractivity contribution in [2.75, 3.05) is 9.80 Å².